The first kappa shape index (κ1) is 14.1. The number of nitrogens with zero attached hydrogens (tertiary/aromatic N) is 3. The standard InChI is InChI=1S/C14H15Cl2N3/c1-10(12-5-3-4-6-13(12)16)19(2)14-8-7-11(9-15)17-18-14/h3-8,10H,9H2,1-2H3. The van der Waals surface area contributed by atoms with Gasteiger partial charge in [0.25, 0.3) is 0 Å². The molecule has 1 unspecified atom stereocenters. The van der Waals surface area contributed by atoms with Crippen LogP contribution < -0.4 is 4.90 Å². The van der Waals surface area contributed by atoms with E-state index in [0.717, 1.165) is 22.1 Å². The lowest BCUT2D eigenvalue weighted by atomic mass is 10.1. The third-order valence-corrected chi connectivity index (χ3v) is 3.76. The minimum atomic E-state index is 0.116. The summed E-state index contributed by atoms with van der Waals surface area (Å²) in [7, 11) is 1.97. The largest absolute Gasteiger partial charge is 0.351 e. The lowest BCUT2D eigenvalue weighted by Crippen LogP contribution is -2.23. The van der Waals surface area contributed by atoms with E-state index >= 15 is 0 Å². The molecule has 1 atom stereocenters. The molecule has 19 heavy (non-hydrogen) atoms. The summed E-state index contributed by atoms with van der Waals surface area (Å²) in [4.78, 5) is 2.03. The van der Waals surface area contributed by atoms with Crippen molar-refractivity contribution in [2.24, 2.45) is 0 Å². The van der Waals surface area contributed by atoms with Gasteiger partial charge in [0.15, 0.2) is 5.82 Å². The van der Waals surface area contributed by atoms with E-state index in [0.29, 0.717) is 5.88 Å². The molecule has 0 N–H and O–H groups in total. The summed E-state index contributed by atoms with van der Waals surface area (Å²) in [6.07, 6.45) is 0. The summed E-state index contributed by atoms with van der Waals surface area (Å²) < 4.78 is 0. The van der Waals surface area contributed by atoms with E-state index in [-0.39, 0.29) is 6.04 Å². The molecule has 0 amide bonds. The van der Waals surface area contributed by atoms with E-state index in [9.17, 15) is 0 Å². The van der Waals surface area contributed by atoms with E-state index in [1.54, 1.807) is 0 Å². The number of hydrogen-bond donors (Lipinski definition) is 0. The van der Waals surface area contributed by atoms with Gasteiger partial charge in [0, 0.05) is 12.1 Å². The highest BCUT2D eigenvalue weighted by molar-refractivity contribution is 6.31. The maximum atomic E-state index is 6.22. The minimum absolute atomic E-state index is 0.116. The Morgan fingerprint density at radius 1 is 1.16 bits per heavy atom. The molecule has 0 saturated heterocycles. The maximum absolute atomic E-state index is 6.22. The van der Waals surface area contributed by atoms with Crippen LogP contribution >= 0.6 is 23.2 Å². The summed E-state index contributed by atoms with van der Waals surface area (Å²) in [5.74, 6) is 1.16. The molecule has 0 aliphatic heterocycles. The highest BCUT2D eigenvalue weighted by Gasteiger charge is 2.16. The molecule has 0 aliphatic rings. The Bertz CT molecular complexity index is 543. The number of rotatable bonds is 4. The Morgan fingerprint density at radius 2 is 1.89 bits per heavy atom. The first-order valence-corrected chi connectivity index (χ1v) is 6.90. The number of anilines is 1. The van der Waals surface area contributed by atoms with Crippen molar-refractivity contribution in [3.8, 4) is 0 Å². The van der Waals surface area contributed by atoms with Crippen molar-refractivity contribution < 1.29 is 0 Å². The Morgan fingerprint density at radius 3 is 2.47 bits per heavy atom. The number of halogens is 2. The number of aromatic nitrogens is 2. The summed E-state index contributed by atoms with van der Waals surface area (Å²) >= 11 is 11.9. The average molecular weight is 296 g/mol. The summed E-state index contributed by atoms with van der Waals surface area (Å²) in [6, 6.07) is 11.7. The van der Waals surface area contributed by atoms with Crippen LogP contribution in [-0.4, -0.2) is 17.2 Å². The van der Waals surface area contributed by atoms with Crippen molar-refractivity contribution in [2.75, 3.05) is 11.9 Å². The predicted molar refractivity (Wildman–Crippen MR) is 79.9 cm³/mol. The fraction of sp³-hybridized carbons (Fsp3) is 0.286. The third kappa shape index (κ3) is 3.17. The normalized spacial score (nSPS) is 12.2. The fourth-order valence-corrected chi connectivity index (χ4v) is 2.27. The van der Waals surface area contributed by atoms with E-state index < -0.39 is 0 Å². The van der Waals surface area contributed by atoms with Crippen LogP contribution in [0.25, 0.3) is 0 Å². The lowest BCUT2D eigenvalue weighted by Gasteiger charge is -2.26. The Labute approximate surface area is 123 Å². The predicted octanol–water partition coefficient (Wildman–Crippen LogP) is 4.07. The Hall–Kier alpha value is -1.32. The zero-order valence-corrected chi connectivity index (χ0v) is 12.4. The first-order valence-electron chi connectivity index (χ1n) is 5.99. The van der Waals surface area contributed by atoms with Gasteiger partial charge in [-0.05, 0) is 30.7 Å². The molecular weight excluding hydrogens is 281 g/mol. The van der Waals surface area contributed by atoms with Crippen molar-refractivity contribution in [3.63, 3.8) is 0 Å². The number of alkyl halides is 1. The molecule has 0 fully saturated rings. The molecule has 0 radical (unpaired) electrons. The minimum Gasteiger partial charge on any atom is -0.351 e. The zero-order chi connectivity index (χ0) is 13.8. The second-order valence-corrected chi connectivity index (χ2v) is 5.00. The van der Waals surface area contributed by atoms with Crippen LogP contribution in [0.2, 0.25) is 5.02 Å². The van der Waals surface area contributed by atoms with Gasteiger partial charge in [-0.25, -0.2) is 0 Å². The van der Waals surface area contributed by atoms with E-state index in [1.165, 1.54) is 0 Å². The van der Waals surface area contributed by atoms with Gasteiger partial charge in [0.2, 0.25) is 0 Å². The Balaban J connectivity index is 2.23. The molecule has 0 saturated carbocycles. The maximum Gasteiger partial charge on any atom is 0.151 e. The zero-order valence-electron chi connectivity index (χ0n) is 10.8. The highest BCUT2D eigenvalue weighted by atomic mass is 35.5. The van der Waals surface area contributed by atoms with Crippen molar-refractivity contribution in [1.82, 2.24) is 10.2 Å². The first-order chi connectivity index (χ1) is 9.13. The summed E-state index contributed by atoms with van der Waals surface area (Å²) in [5.41, 5.74) is 1.83. The lowest BCUT2D eigenvalue weighted by molar-refractivity contribution is 0.718. The van der Waals surface area contributed by atoms with Gasteiger partial charge < -0.3 is 4.90 Å². The van der Waals surface area contributed by atoms with Gasteiger partial charge in [-0.3, -0.25) is 0 Å². The van der Waals surface area contributed by atoms with Crippen molar-refractivity contribution in [3.05, 3.63) is 52.7 Å². The van der Waals surface area contributed by atoms with Crippen LogP contribution in [0.3, 0.4) is 0 Å². The van der Waals surface area contributed by atoms with E-state index in [2.05, 4.69) is 17.1 Å². The average Bonchev–Trinajstić information content (AvgIpc) is 2.46. The van der Waals surface area contributed by atoms with Gasteiger partial charge in [-0.1, -0.05) is 29.8 Å². The molecule has 100 valence electrons. The van der Waals surface area contributed by atoms with Crippen LogP contribution in [0, 0.1) is 0 Å². The SMILES string of the molecule is CC(c1ccccc1Cl)N(C)c1ccc(CCl)nn1. The van der Waals surface area contributed by atoms with Gasteiger partial charge in [-0.15, -0.1) is 16.7 Å². The van der Waals surface area contributed by atoms with Crippen LogP contribution in [0.15, 0.2) is 36.4 Å². The van der Waals surface area contributed by atoms with E-state index in [4.69, 9.17) is 23.2 Å². The molecule has 1 aromatic heterocycles. The van der Waals surface area contributed by atoms with Crippen LogP contribution in [-0.2, 0) is 5.88 Å². The molecule has 0 bridgehead atoms. The number of benzene rings is 1. The second kappa shape index (κ2) is 6.22. The van der Waals surface area contributed by atoms with Crippen molar-refractivity contribution >= 4 is 29.0 Å². The third-order valence-electron chi connectivity index (χ3n) is 3.14. The second-order valence-electron chi connectivity index (χ2n) is 4.32. The van der Waals surface area contributed by atoms with Gasteiger partial charge >= 0.3 is 0 Å². The molecule has 3 nitrogen and oxygen atoms in total. The monoisotopic (exact) mass is 295 g/mol. The molecule has 0 aliphatic carbocycles. The van der Waals surface area contributed by atoms with Gasteiger partial charge in [0.1, 0.15) is 0 Å². The van der Waals surface area contributed by atoms with Crippen molar-refractivity contribution in [1.29, 1.82) is 0 Å². The molecule has 2 rings (SSSR count). The van der Waals surface area contributed by atoms with E-state index in [1.807, 2.05) is 48.3 Å². The summed E-state index contributed by atoms with van der Waals surface area (Å²) in [5, 5.41) is 8.99. The molecular formula is C14H15Cl2N3. The molecule has 5 heteroatoms. The molecule has 2 aromatic rings. The smallest absolute Gasteiger partial charge is 0.151 e. The van der Waals surface area contributed by atoms with Crippen LogP contribution in [0.5, 0.6) is 0 Å². The van der Waals surface area contributed by atoms with Gasteiger partial charge in [-0.2, -0.15) is 5.10 Å². The molecule has 1 heterocycles. The topological polar surface area (TPSA) is 29.0 Å². The molecule has 1 aromatic carbocycles. The van der Waals surface area contributed by atoms with Crippen LogP contribution in [0.1, 0.15) is 24.2 Å². The number of hydrogen-bond acceptors (Lipinski definition) is 3. The quantitative estimate of drug-likeness (QED) is 0.796. The van der Waals surface area contributed by atoms with Crippen LogP contribution in [0.4, 0.5) is 5.82 Å². The molecule has 0 spiro atoms. The van der Waals surface area contributed by atoms with Gasteiger partial charge in [0.05, 0.1) is 17.6 Å². The Kier molecular flexibility index (Phi) is 4.61. The fourth-order valence-electron chi connectivity index (χ4n) is 1.83. The highest BCUT2D eigenvalue weighted by Crippen LogP contribution is 2.28. The summed E-state index contributed by atoms with van der Waals surface area (Å²) in [6.45, 7) is 2.08. The van der Waals surface area contributed by atoms with Crippen molar-refractivity contribution in [2.45, 2.75) is 18.8 Å².